The number of benzene rings is 2. The van der Waals surface area contributed by atoms with Gasteiger partial charge < -0.3 is 14.6 Å². The van der Waals surface area contributed by atoms with Gasteiger partial charge in [-0.1, -0.05) is 18.2 Å². The average Bonchev–Trinajstić information content (AvgIpc) is 2.46. The van der Waals surface area contributed by atoms with Crippen molar-refractivity contribution in [3.63, 3.8) is 0 Å². The lowest BCUT2D eigenvalue weighted by Gasteiger charge is -2.10. The average molecular weight is 272 g/mol. The van der Waals surface area contributed by atoms with Gasteiger partial charge in [-0.2, -0.15) is 0 Å². The molecule has 0 aromatic heterocycles. The third-order valence-corrected chi connectivity index (χ3v) is 2.80. The van der Waals surface area contributed by atoms with Crippen molar-refractivity contribution in [2.75, 3.05) is 13.2 Å². The highest BCUT2D eigenvalue weighted by atomic mass is 16.5. The summed E-state index contributed by atoms with van der Waals surface area (Å²) >= 11 is 0. The lowest BCUT2D eigenvalue weighted by molar-refractivity contribution is 0.0697. The molecule has 0 spiro atoms. The summed E-state index contributed by atoms with van der Waals surface area (Å²) in [4.78, 5) is 10.7. The molecule has 2 rings (SSSR count). The van der Waals surface area contributed by atoms with Crippen LogP contribution in [0.2, 0.25) is 0 Å². The molecule has 0 radical (unpaired) electrons. The molecule has 2 aromatic rings. The number of ether oxygens (including phenoxy) is 2. The first-order chi connectivity index (χ1) is 9.66. The topological polar surface area (TPSA) is 55.8 Å². The number of aromatic carboxylic acids is 1. The number of para-hydroxylation sites is 1. The molecule has 0 aliphatic heterocycles. The summed E-state index contributed by atoms with van der Waals surface area (Å²) in [5, 5.41) is 8.78. The summed E-state index contributed by atoms with van der Waals surface area (Å²) in [7, 11) is 0. The molecule has 4 heteroatoms. The van der Waals surface area contributed by atoms with Crippen LogP contribution in [0.25, 0.3) is 0 Å². The molecule has 0 aliphatic carbocycles. The maximum Gasteiger partial charge on any atom is 0.335 e. The van der Waals surface area contributed by atoms with Crippen molar-refractivity contribution in [1.82, 2.24) is 0 Å². The summed E-state index contributed by atoms with van der Waals surface area (Å²) < 4.78 is 11.1. The van der Waals surface area contributed by atoms with Crippen molar-refractivity contribution >= 4 is 5.97 Å². The maximum absolute atomic E-state index is 10.7. The van der Waals surface area contributed by atoms with E-state index in [4.69, 9.17) is 14.6 Å². The standard InChI is InChI=1S/C16H16O4/c1-12-4-2-3-5-15(12)20-11-10-19-14-8-6-13(7-9-14)16(17)18/h2-9H,10-11H2,1H3,(H,17,18). The Kier molecular flexibility index (Phi) is 4.60. The van der Waals surface area contributed by atoms with Gasteiger partial charge in [0.15, 0.2) is 0 Å². The first-order valence-corrected chi connectivity index (χ1v) is 6.31. The van der Waals surface area contributed by atoms with E-state index in [1.807, 2.05) is 31.2 Å². The minimum Gasteiger partial charge on any atom is -0.490 e. The molecule has 0 saturated heterocycles. The highest BCUT2D eigenvalue weighted by molar-refractivity contribution is 5.87. The molecule has 4 nitrogen and oxygen atoms in total. The minimum atomic E-state index is -0.945. The fraction of sp³-hybridized carbons (Fsp3) is 0.188. The molecule has 104 valence electrons. The second-order valence-electron chi connectivity index (χ2n) is 4.29. The number of hydrogen-bond donors (Lipinski definition) is 1. The van der Waals surface area contributed by atoms with Crippen LogP contribution in [0, 0.1) is 6.92 Å². The Labute approximate surface area is 117 Å². The van der Waals surface area contributed by atoms with Crippen LogP contribution >= 0.6 is 0 Å². The summed E-state index contributed by atoms with van der Waals surface area (Å²) in [6, 6.07) is 14.1. The lowest BCUT2D eigenvalue weighted by atomic mass is 10.2. The number of rotatable bonds is 6. The summed E-state index contributed by atoms with van der Waals surface area (Å²) in [5.41, 5.74) is 1.33. The van der Waals surface area contributed by atoms with Gasteiger partial charge in [-0.05, 0) is 42.8 Å². The van der Waals surface area contributed by atoms with Crippen LogP contribution in [0.5, 0.6) is 11.5 Å². The molecule has 2 aromatic carbocycles. The smallest absolute Gasteiger partial charge is 0.335 e. The molecule has 0 saturated carbocycles. The van der Waals surface area contributed by atoms with Gasteiger partial charge in [-0.3, -0.25) is 0 Å². The molecular formula is C16H16O4. The maximum atomic E-state index is 10.7. The first-order valence-electron chi connectivity index (χ1n) is 6.31. The third-order valence-electron chi connectivity index (χ3n) is 2.80. The van der Waals surface area contributed by atoms with E-state index in [0.717, 1.165) is 11.3 Å². The van der Waals surface area contributed by atoms with Gasteiger partial charge in [0, 0.05) is 0 Å². The fourth-order valence-electron chi connectivity index (χ4n) is 1.72. The van der Waals surface area contributed by atoms with Crippen molar-refractivity contribution in [3.8, 4) is 11.5 Å². The highest BCUT2D eigenvalue weighted by Gasteiger charge is 2.02. The van der Waals surface area contributed by atoms with Crippen LogP contribution in [-0.2, 0) is 0 Å². The molecule has 0 amide bonds. The van der Waals surface area contributed by atoms with E-state index < -0.39 is 5.97 Å². The van der Waals surface area contributed by atoms with Crippen LogP contribution in [-0.4, -0.2) is 24.3 Å². The van der Waals surface area contributed by atoms with Gasteiger partial charge >= 0.3 is 5.97 Å². The Hall–Kier alpha value is -2.49. The lowest BCUT2D eigenvalue weighted by Crippen LogP contribution is -2.09. The van der Waals surface area contributed by atoms with E-state index in [2.05, 4.69) is 0 Å². The predicted molar refractivity (Wildman–Crippen MR) is 75.6 cm³/mol. The Morgan fingerprint density at radius 3 is 2.30 bits per heavy atom. The molecule has 0 heterocycles. The summed E-state index contributed by atoms with van der Waals surface area (Å²) in [6.07, 6.45) is 0. The fourth-order valence-corrected chi connectivity index (χ4v) is 1.72. The van der Waals surface area contributed by atoms with E-state index in [1.165, 1.54) is 12.1 Å². The van der Waals surface area contributed by atoms with E-state index in [1.54, 1.807) is 12.1 Å². The third kappa shape index (κ3) is 3.75. The van der Waals surface area contributed by atoms with Crippen LogP contribution < -0.4 is 9.47 Å². The number of hydrogen-bond acceptors (Lipinski definition) is 3. The summed E-state index contributed by atoms with van der Waals surface area (Å²) in [6.45, 7) is 2.83. The van der Waals surface area contributed by atoms with Gasteiger partial charge in [0.1, 0.15) is 24.7 Å². The zero-order valence-electron chi connectivity index (χ0n) is 11.2. The van der Waals surface area contributed by atoms with Crippen LogP contribution in [0.4, 0.5) is 0 Å². The van der Waals surface area contributed by atoms with Gasteiger partial charge in [-0.15, -0.1) is 0 Å². The van der Waals surface area contributed by atoms with Crippen molar-refractivity contribution in [1.29, 1.82) is 0 Å². The van der Waals surface area contributed by atoms with Gasteiger partial charge in [0.25, 0.3) is 0 Å². The van der Waals surface area contributed by atoms with E-state index in [9.17, 15) is 4.79 Å². The quantitative estimate of drug-likeness (QED) is 0.821. The molecular weight excluding hydrogens is 256 g/mol. The van der Waals surface area contributed by atoms with Gasteiger partial charge in [-0.25, -0.2) is 4.79 Å². The highest BCUT2D eigenvalue weighted by Crippen LogP contribution is 2.16. The number of carboxylic acids is 1. The Morgan fingerprint density at radius 1 is 1.00 bits per heavy atom. The van der Waals surface area contributed by atoms with Crippen LogP contribution in [0.3, 0.4) is 0 Å². The Morgan fingerprint density at radius 2 is 1.65 bits per heavy atom. The zero-order chi connectivity index (χ0) is 14.4. The molecule has 0 atom stereocenters. The minimum absolute atomic E-state index is 0.244. The first kappa shape index (κ1) is 13.9. The molecule has 0 bridgehead atoms. The Bertz CT molecular complexity index is 575. The Balaban J connectivity index is 1.79. The van der Waals surface area contributed by atoms with Crippen molar-refractivity contribution in [2.45, 2.75) is 6.92 Å². The molecule has 0 unspecified atom stereocenters. The number of aryl methyl sites for hydroxylation is 1. The SMILES string of the molecule is Cc1ccccc1OCCOc1ccc(C(=O)O)cc1. The van der Waals surface area contributed by atoms with Gasteiger partial charge in [0.2, 0.25) is 0 Å². The second kappa shape index (κ2) is 6.61. The van der Waals surface area contributed by atoms with E-state index >= 15 is 0 Å². The normalized spacial score (nSPS) is 10.1. The second-order valence-corrected chi connectivity index (χ2v) is 4.29. The predicted octanol–water partition coefficient (Wildman–Crippen LogP) is 3.15. The molecule has 0 aliphatic rings. The van der Waals surface area contributed by atoms with Crippen LogP contribution in [0.15, 0.2) is 48.5 Å². The van der Waals surface area contributed by atoms with E-state index in [0.29, 0.717) is 19.0 Å². The summed E-state index contributed by atoms with van der Waals surface area (Å²) in [5.74, 6) is 0.528. The van der Waals surface area contributed by atoms with Crippen LogP contribution in [0.1, 0.15) is 15.9 Å². The number of carboxylic acid groups (broad SMARTS) is 1. The monoisotopic (exact) mass is 272 g/mol. The van der Waals surface area contributed by atoms with Gasteiger partial charge in [0.05, 0.1) is 5.56 Å². The molecule has 1 N–H and O–H groups in total. The zero-order valence-corrected chi connectivity index (χ0v) is 11.2. The van der Waals surface area contributed by atoms with Crippen molar-refractivity contribution in [2.24, 2.45) is 0 Å². The number of carbonyl (C=O) groups is 1. The molecule has 0 fully saturated rings. The molecule has 20 heavy (non-hydrogen) atoms. The van der Waals surface area contributed by atoms with Crippen molar-refractivity contribution < 1.29 is 19.4 Å². The largest absolute Gasteiger partial charge is 0.490 e. The van der Waals surface area contributed by atoms with E-state index in [-0.39, 0.29) is 5.56 Å². The van der Waals surface area contributed by atoms with Crippen molar-refractivity contribution in [3.05, 3.63) is 59.7 Å².